The zero-order valence-corrected chi connectivity index (χ0v) is 16.0. The number of sulfonamides is 2. The summed E-state index contributed by atoms with van der Waals surface area (Å²) in [6.45, 7) is 3.01. The smallest absolute Gasteiger partial charge is 0.507 e. The van der Waals surface area contributed by atoms with E-state index in [1.54, 1.807) is 0 Å². The molecule has 0 radical (unpaired) electrons. The van der Waals surface area contributed by atoms with Gasteiger partial charge in [0.1, 0.15) is 0 Å². The Hall–Kier alpha value is -0.923. The van der Waals surface area contributed by atoms with E-state index in [-0.39, 0.29) is 32.0 Å². The van der Waals surface area contributed by atoms with Gasteiger partial charge in [-0.15, -0.1) is 0 Å². The maximum absolute atomic E-state index is 12.2. The summed E-state index contributed by atoms with van der Waals surface area (Å²) in [4.78, 5) is 2.54. The molecule has 28 heavy (non-hydrogen) atoms. The first-order valence-corrected chi connectivity index (χ1v) is 9.91. The van der Waals surface area contributed by atoms with Gasteiger partial charge in [0.25, 0.3) is 0 Å². The van der Waals surface area contributed by atoms with E-state index in [0.717, 1.165) is 0 Å². The summed E-state index contributed by atoms with van der Waals surface area (Å²) in [7, 11) is -11.0. The molecule has 0 unspecified atom stereocenters. The van der Waals surface area contributed by atoms with Gasteiger partial charge in [-0.25, -0.2) is 26.3 Å². The molecule has 1 aliphatic heterocycles. The predicted molar refractivity (Wildman–Crippen MR) is 81.9 cm³/mol. The molecule has 0 fully saturated rings. The van der Waals surface area contributed by atoms with Crippen LogP contribution in [-0.4, -0.2) is 63.8 Å². The Bertz CT molecular complexity index is 782. The fraction of sp³-hybridized carbons (Fsp3) is 0.545. The third-order valence-corrected chi connectivity index (χ3v) is 5.43. The molecule has 1 rings (SSSR count). The molecule has 0 aromatic carbocycles. The van der Waals surface area contributed by atoms with Crippen LogP contribution in [0.25, 0.3) is 0 Å². The van der Waals surface area contributed by atoms with E-state index in [1.807, 2.05) is 0 Å². The van der Waals surface area contributed by atoms with Crippen LogP contribution in [0.5, 0.6) is 0 Å². The van der Waals surface area contributed by atoms with E-state index < -0.39 is 44.2 Å². The molecule has 158 valence electrons. The molecule has 0 aromatic heterocycles. The molecule has 8 nitrogen and oxygen atoms in total. The van der Waals surface area contributed by atoms with Crippen LogP contribution >= 0.6 is 0 Å². The second-order valence-electron chi connectivity index (χ2n) is 4.99. The molecule has 0 saturated heterocycles. The fourth-order valence-corrected chi connectivity index (χ4v) is 2.82. The average Bonchev–Trinajstić information content (AvgIpc) is 2.86. The van der Waals surface area contributed by atoms with E-state index >= 15 is 0 Å². The topological polar surface area (TPSA) is 98.8 Å². The number of hydrogen-bond acceptors (Lipinski definition) is 6. The minimum absolute atomic E-state index is 0. The zero-order valence-electron chi connectivity index (χ0n) is 14.4. The van der Waals surface area contributed by atoms with E-state index in [2.05, 4.69) is 6.58 Å². The van der Waals surface area contributed by atoms with Crippen LogP contribution in [0, 0.1) is 6.67 Å². The van der Waals surface area contributed by atoms with Crippen molar-refractivity contribution in [3.63, 3.8) is 0 Å². The van der Waals surface area contributed by atoms with E-state index in [4.69, 9.17) is 0 Å². The Kier molecular flexibility index (Phi) is 9.40. The molecule has 0 bridgehead atoms. The van der Waals surface area contributed by atoms with Gasteiger partial charge in [-0.05, 0) is 12.3 Å². The molecular formula is C11H15F6LiN4O4S2. The van der Waals surface area contributed by atoms with Gasteiger partial charge in [0.15, 0.2) is 0 Å². The second-order valence-corrected chi connectivity index (χ2v) is 8.51. The van der Waals surface area contributed by atoms with Gasteiger partial charge in [0.2, 0.25) is 0 Å². The summed E-state index contributed by atoms with van der Waals surface area (Å²) < 4.78 is 119. The summed E-state index contributed by atoms with van der Waals surface area (Å²) in [6, 6.07) is 0. The quantitative estimate of drug-likeness (QED) is 0.231. The van der Waals surface area contributed by atoms with E-state index in [0.29, 0.717) is 5.70 Å². The monoisotopic (exact) mass is 452 g/mol. The van der Waals surface area contributed by atoms with Gasteiger partial charge >= 0.3 is 49.9 Å². The zero-order chi connectivity index (χ0) is 21.1. The van der Waals surface area contributed by atoms with Gasteiger partial charge in [0.05, 0.1) is 0 Å². The molecule has 0 atom stereocenters. The molecule has 0 saturated carbocycles. The van der Waals surface area contributed by atoms with Crippen LogP contribution in [0.15, 0.2) is 24.6 Å². The number of hydrogen-bond donors (Lipinski definition) is 2. The van der Waals surface area contributed by atoms with E-state index in [9.17, 15) is 43.2 Å². The molecule has 0 aliphatic carbocycles. The Morgan fingerprint density at radius 1 is 0.964 bits per heavy atom. The predicted octanol–water partition coefficient (Wildman–Crippen LogP) is -2.37. The molecule has 1 aliphatic rings. The molecule has 0 aromatic rings. The SMILES string of the molecule is C=CC1=CN(CCNS(=O)(=O)C(F)(F)F)[CH-]N1CCNS(=O)(=O)C(F)(F)F.[Li+]. The van der Waals surface area contributed by atoms with Crippen molar-refractivity contribution >= 4 is 20.0 Å². The standard InChI is InChI=1S/C11H15F6N4O4S2.Li/c1-2-9-7-20(5-3-18-26(22,23)10(12,13)14)8-21(9)6-4-19-27(24,25)11(15,16)17;/h2,7-8,18-19H,1,3-6H2;/q-1;+1. The van der Waals surface area contributed by atoms with Crippen molar-refractivity contribution < 1.29 is 62.0 Å². The van der Waals surface area contributed by atoms with Crippen LogP contribution in [-0.2, 0) is 20.0 Å². The third kappa shape index (κ3) is 7.15. The third-order valence-electron chi connectivity index (χ3n) is 3.04. The van der Waals surface area contributed by atoms with Crippen molar-refractivity contribution in [3.05, 3.63) is 31.2 Å². The van der Waals surface area contributed by atoms with Crippen molar-refractivity contribution in [1.29, 1.82) is 0 Å². The molecular weight excluding hydrogens is 437 g/mol. The van der Waals surface area contributed by atoms with Crippen LogP contribution in [0.1, 0.15) is 0 Å². The number of nitrogens with one attached hydrogen (secondary N) is 2. The number of nitrogens with zero attached hydrogens (tertiary/aromatic N) is 2. The van der Waals surface area contributed by atoms with Crippen molar-refractivity contribution in [3.8, 4) is 0 Å². The van der Waals surface area contributed by atoms with Gasteiger partial charge in [-0.1, -0.05) is 6.58 Å². The molecule has 0 spiro atoms. The summed E-state index contributed by atoms with van der Waals surface area (Å²) >= 11 is 0. The van der Waals surface area contributed by atoms with Crippen molar-refractivity contribution in [2.75, 3.05) is 26.2 Å². The van der Waals surface area contributed by atoms with Gasteiger partial charge in [0, 0.05) is 31.9 Å². The minimum Gasteiger partial charge on any atom is -0.507 e. The summed E-state index contributed by atoms with van der Waals surface area (Å²) in [5, 5.41) is 0. The maximum atomic E-state index is 12.2. The van der Waals surface area contributed by atoms with Crippen molar-refractivity contribution in [2.24, 2.45) is 0 Å². The molecule has 0 amide bonds. The van der Waals surface area contributed by atoms with Crippen molar-refractivity contribution in [2.45, 2.75) is 11.0 Å². The van der Waals surface area contributed by atoms with Gasteiger partial charge in [-0.2, -0.15) is 33.0 Å². The molecule has 2 N–H and O–H groups in total. The first kappa shape index (κ1) is 27.1. The number of rotatable bonds is 9. The second kappa shape index (κ2) is 9.72. The Morgan fingerprint density at radius 3 is 1.79 bits per heavy atom. The Labute approximate surface area is 169 Å². The normalized spacial score (nSPS) is 16.0. The first-order valence-electron chi connectivity index (χ1n) is 6.94. The molecule has 17 heteroatoms. The van der Waals surface area contributed by atoms with Crippen LogP contribution < -0.4 is 28.3 Å². The van der Waals surface area contributed by atoms with Crippen LogP contribution in [0.3, 0.4) is 0 Å². The number of halogens is 6. The summed E-state index contributed by atoms with van der Waals surface area (Å²) in [5.41, 5.74) is -10.6. The number of alkyl halides is 6. The first-order chi connectivity index (χ1) is 12.1. The number of allylic oxidation sites excluding steroid dienone is 1. The average molecular weight is 452 g/mol. The van der Waals surface area contributed by atoms with Crippen LogP contribution in [0.2, 0.25) is 0 Å². The fourth-order valence-electron chi connectivity index (χ4n) is 1.78. The van der Waals surface area contributed by atoms with Crippen molar-refractivity contribution in [1.82, 2.24) is 19.2 Å². The molecule has 1 heterocycles. The van der Waals surface area contributed by atoms with E-state index in [1.165, 1.54) is 38.2 Å². The van der Waals surface area contributed by atoms with Gasteiger partial charge in [-0.3, -0.25) is 0 Å². The Balaban J connectivity index is 0.00000729. The Morgan fingerprint density at radius 2 is 1.39 bits per heavy atom. The van der Waals surface area contributed by atoms with Gasteiger partial charge < -0.3 is 9.80 Å². The minimum atomic E-state index is -5.50. The summed E-state index contributed by atoms with van der Waals surface area (Å²) in [6.07, 6.45) is 2.61. The largest absolute Gasteiger partial charge is 1.00 e. The van der Waals surface area contributed by atoms with Crippen LogP contribution in [0.4, 0.5) is 26.3 Å². The summed E-state index contributed by atoms with van der Waals surface area (Å²) in [5.74, 6) is 0. The maximum Gasteiger partial charge on any atom is 1.00 e.